The lowest BCUT2D eigenvalue weighted by Crippen LogP contribution is -2.57. The summed E-state index contributed by atoms with van der Waals surface area (Å²) in [6.07, 6.45) is 3.43. The van der Waals surface area contributed by atoms with Gasteiger partial charge in [0.2, 0.25) is 5.91 Å². The molecule has 1 unspecified atom stereocenters. The van der Waals surface area contributed by atoms with Gasteiger partial charge in [-0.3, -0.25) is 29.2 Å². The topological polar surface area (TPSA) is 198 Å². The summed E-state index contributed by atoms with van der Waals surface area (Å²) in [5, 5.41) is 12.3. The maximum absolute atomic E-state index is 13.4. The van der Waals surface area contributed by atoms with Gasteiger partial charge in [0.1, 0.15) is 24.6 Å². The minimum absolute atomic E-state index is 0.0417. The number of carbonyl (C=O) groups is 5. The number of ether oxygens (including phenoxy) is 7. The lowest BCUT2D eigenvalue weighted by molar-refractivity contribution is -0.162. The Morgan fingerprint density at radius 1 is 0.750 bits per heavy atom. The molecule has 356 valence electrons. The molecule has 60 heavy (non-hydrogen) atoms. The number of carboxylic acids is 1. The van der Waals surface area contributed by atoms with E-state index >= 15 is 0 Å². The van der Waals surface area contributed by atoms with E-state index in [0.717, 1.165) is 25.4 Å². The smallest absolute Gasteiger partial charge is 0.317 e. The van der Waals surface area contributed by atoms with Gasteiger partial charge in [0, 0.05) is 40.2 Å². The molecular weight excluding hydrogens is 784 g/mol. The zero-order valence-corrected chi connectivity index (χ0v) is 39.2. The van der Waals surface area contributed by atoms with Gasteiger partial charge < -0.3 is 62.9 Å². The van der Waals surface area contributed by atoms with Crippen molar-refractivity contribution in [1.29, 1.82) is 0 Å². The van der Waals surface area contributed by atoms with E-state index in [1.165, 1.54) is 7.11 Å². The number of amides is 1. The highest BCUT2D eigenvalue weighted by molar-refractivity contribution is 5.77. The van der Waals surface area contributed by atoms with Crippen LogP contribution in [0.1, 0.15) is 74.7 Å². The first kappa shape index (κ1) is 61.8. The Hall–Kier alpha value is -2.53. The van der Waals surface area contributed by atoms with Crippen LogP contribution in [0.25, 0.3) is 0 Å². The van der Waals surface area contributed by atoms with E-state index in [1.807, 2.05) is 65.4 Å². The largest absolute Gasteiger partial charge is 0.480 e. The molecule has 0 spiro atoms. The predicted molar refractivity (Wildman–Crippen MR) is 231 cm³/mol. The molecule has 1 aliphatic rings. The van der Waals surface area contributed by atoms with Crippen LogP contribution in [0.4, 0.5) is 0 Å². The summed E-state index contributed by atoms with van der Waals surface area (Å²) in [4.78, 5) is 66.3. The number of nitrogens with one attached hydrogen (secondary N) is 1. The summed E-state index contributed by atoms with van der Waals surface area (Å²) in [6, 6.07) is -0.595. The average molecular weight is 869 g/mol. The maximum atomic E-state index is 13.4. The van der Waals surface area contributed by atoms with Crippen LogP contribution in [0.5, 0.6) is 0 Å². The molecule has 19 nitrogen and oxygen atoms in total. The second kappa shape index (κ2) is 40.5. The third-order valence-corrected chi connectivity index (χ3v) is 8.29. The first-order valence-corrected chi connectivity index (χ1v) is 20.9. The number of carboxylic acid groups (broad SMARTS) is 1. The van der Waals surface area contributed by atoms with Crippen molar-refractivity contribution in [3.05, 3.63) is 0 Å². The number of carbonyl (C=O) groups excluding carboxylic acids is 4. The minimum atomic E-state index is -0.963. The van der Waals surface area contributed by atoms with Crippen LogP contribution in [0.3, 0.4) is 0 Å². The van der Waals surface area contributed by atoms with Gasteiger partial charge in [-0.05, 0) is 55.1 Å². The molecule has 1 fully saturated rings. The van der Waals surface area contributed by atoms with Crippen LogP contribution < -0.4 is 5.32 Å². The maximum Gasteiger partial charge on any atom is 0.317 e. The molecule has 1 atom stereocenters. The van der Waals surface area contributed by atoms with Crippen molar-refractivity contribution in [2.75, 3.05) is 147 Å². The monoisotopic (exact) mass is 869 g/mol. The molecule has 1 heterocycles. The van der Waals surface area contributed by atoms with Crippen LogP contribution in [-0.2, 0) is 57.1 Å². The Balaban J connectivity index is -0.00000237. The van der Waals surface area contributed by atoms with Gasteiger partial charge in [-0.15, -0.1) is 0 Å². The van der Waals surface area contributed by atoms with Crippen LogP contribution in [0.2, 0.25) is 0 Å². The Morgan fingerprint density at radius 2 is 1.23 bits per heavy atom. The second-order valence-electron chi connectivity index (χ2n) is 14.7. The number of methoxy groups -OCH3 is 2. The molecule has 0 aromatic rings. The molecule has 0 aliphatic carbocycles. The van der Waals surface area contributed by atoms with Crippen LogP contribution in [-0.4, -0.2) is 225 Å². The molecule has 1 aliphatic heterocycles. The molecule has 2 N–H and O–H groups in total. The van der Waals surface area contributed by atoms with E-state index < -0.39 is 17.7 Å². The third kappa shape index (κ3) is 36.2. The number of nitrogens with zero attached hydrogens (tertiary/aromatic N) is 5. The van der Waals surface area contributed by atoms with Crippen molar-refractivity contribution in [2.45, 2.75) is 92.0 Å². The summed E-state index contributed by atoms with van der Waals surface area (Å²) in [7, 11) is 6.94. The fourth-order valence-electron chi connectivity index (χ4n) is 4.95. The number of aliphatic carboxylic acids is 1. The number of hydrogen-bond donors (Lipinski definition) is 2. The molecule has 1 saturated heterocycles. The fourth-order valence-corrected chi connectivity index (χ4v) is 4.95. The molecule has 19 heteroatoms. The standard InChI is InChI=1S/C31H60N6O11.C5H12O.C3H6O.C2H6/c1-31(2,43-5)37(10-13-45-15-17-47-19-21-48-20-18-46-16-14-44-12-8-32-3)29(40)7-6-28(23-39)36-25-33(4)24-35(22-30(41)42)26-34(27-36)9-11-38;1-5(2,3)6-4;1-2-3-4;1-2/h11,23,28,32H,6-10,12-22,24-27H2,1-5H3,(H,41,42);1-4H3;3H,2H2,1H3;1-2H3. The van der Waals surface area contributed by atoms with Crippen LogP contribution in [0, 0.1) is 0 Å². The summed E-state index contributed by atoms with van der Waals surface area (Å²) < 4.78 is 38.1. The zero-order valence-electron chi connectivity index (χ0n) is 39.2. The fraction of sp³-hybridized carbons (Fsp3) is 0.878. The van der Waals surface area contributed by atoms with Crippen LogP contribution >= 0.6 is 0 Å². The van der Waals surface area contributed by atoms with Crippen molar-refractivity contribution in [2.24, 2.45) is 0 Å². The lowest BCUT2D eigenvalue weighted by Gasteiger charge is -2.42. The molecular formula is C41H84N6O13. The zero-order chi connectivity index (χ0) is 46.2. The van der Waals surface area contributed by atoms with Gasteiger partial charge in [0.15, 0.2) is 0 Å². The van der Waals surface area contributed by atoms with E-state index in [1.54, 1.807) is 35.7 Å². The normalized spacial score (nSPS) is 14.8. The van der Waals surface area contributed by atoms with Crippen molar-refractivity contribution >= 4 is 30.7 Å². The van der Waals surface area contributed by atoms with E-state index in [-0.39, 0.29) is 63.9 Å². The van der Waals surface area contributed by atoms with E-state index in [0.29, 0.717) is 79.2 Å². The number of likely N-dealkylation sites (N-methyl/N-ethyl adjacent to an activating group) is 1. The Morgan fingerprint density at radius 3 is 1.63 bits per heavy atom. The number of aldehydes is 3. The summed E-state index contributed by atoms with van der Waals surface area (Å²) in [6.45, 7) is 22.2. The number of rotatable bonds is 30. The van der Waals surface area contributed by atoms with Gasteiger partial charge in [-0.2, -0.15) is 0 Å². The highest BCUT2D eigenvalue weighted by Crippen LogP contribution is 2.19. The quantitative estimate of drug-likeness (QED) is 0.0602. The highest BCUT2D eigenvalue weighted by Gasteiger charge is 2.32. The lowest BCUT2D eigenvalue weighted by atomic mass is 10.1. The second-order valence-corrected chi connectivity index (χ2v) is 14.7. The van der Waals surface area contributed by atoms with Gasteiger partial charge >= 0.3 is 5.97 Å². The third-order valence-electron chi connectivity index (χ3n) is 8.29. The molecule has 1 rings (SSSR count). The minimum Gasteiger partial charge on any atom is -0.480 e. The summed E-state index contributed by atoms with van der Waals surface area (Å²) in [5.74, 6) is -1.15. The van der Waals surface area contributed by atoms with Gasteiger partial charge in [0.05, 0.1) is 117 Å². The Bertz CT molecular complexity index is 1060. The van der Waals surface area contributed by atoms with Gasteiger partial charge in [-0.25, -0.2) is 0 Å². The molecule has 0 bridgehead atoms. The Kier molecular flexibility index (Phi) is 41.7. The van der Waals surface area contributed by atoms with Crippen LogP contribution in [0.15, 0.2) is 0 Å². The molecule has 1 amide bonds. The summed E-state index contributed by atoms with van der Waals surface area (Å²) in [5.41, 5.74) is -0.858. The SMILES string of the molecule is CC.CCC=O.CNCCOCCOCCOCCOCCOCCN(C(=O)CCC(C=O)N1CN(C)CN(CC(=O)O)CN(CC=O)C1)C(C)(C)OC.COC(C)(C)C. The van der Waals surface area contributed by atoms with Crippen molar-refractivity contribution in [3.63, 3.8) is 0 Å². The van der Waals surface area contributed by atoms with Crippen molar-refractivity contribution in [1.82, 2.24) is 29.8 Å². The van der Waals surface area contributed by atoms with E-state index in [4.69, 9.17) is 33.2 Å². The van der Waals surface area contributed by atoms with E-state index in [2.05, 4.69) is 5.32 Å². The molecule has 0 aromatic heterocycles. The highest BCUT2D eigenvalue weighted by atomic mass is 16.6. The Labute approximate surface area is 361 Å². The van der Waals surface area contributed by atoms with Gasteiger partial charge in [0.25, 0.3) is 0 Å². The molecule has 0 aromatic carbocycles. The van der Waals surface area contributed by atoms with Crippen molar-refractivity contribution < 1.29 is 62.2 Å². The molecule has 0 radical (unpaired) electrons. The summed E-state index contributed by atoms with van der Waals surface area (Å²) >= 11 is 0. The van der Waals surface area contributed by atoms with Crippen molar-refractivity contribution in [3.8, 4) is 0 Å². The average Bonchev–Trinajstić information content (AvgIpc) is 3.20. The van der Waals surface area contributed by atoms with E-state index in [9.17, 15) is 29.1 Å². The first-order chi connectivity index (χ1) is 28.5. The van der Waals surface area contributed by atoms with Gasteiger partial charge in [-0.1, -0.05) is 20.8 Å². The first-order valence-electron chi connectivity index (χ1n) is 20.9. The predicted octanol–water partition coefficient (Wildman–Crippen LogP) is 1.87. The molecule has 0 saturated carbocycles. The number of hydrogen-bond acceptors (Lipinski definition) is 17.